The molecule has 0 saturated heterocycles. The molecule has 2 aromatic carbocycles. The quantitative estimate of drug-likeness (QED) is 0.606. The number of nitrogen functional groups attached to an aromatic ring is 1. The fraction of sp³-hybridized carbons (Fsp3) is 0. The minimum absolute atomic E-state index is 0.169. The molecule has 94 valence electrons. The number of halogens is 2. The summed E-state index contributed by atoms with van der Waals surface area (Å²) < 4.78 is 1.11. The summed E-state index contributed by atoms with van der Waals surface area (Å²) in [6.45, 7) is 0. The first-order valence-corrected chi connectivity index (χ1v) is 7.07. The summed E-state index contributed by atoms with van der Waals surface area (Å²) in [5.41, 5.74) is 7.82. The van der Waals surface area contributed by atoms with Crippen LogP contribution < -0.4 is 5.73 Å². The van der Waals surface area contributed by atoms with Gasteiger partial charge in [-0.2, -0.15) is 0 Å². The number of anilines is 1. The standard InChI is InChI=1S/C14H7Br2NO2/c15-11-9(17)5-8-10(12(11)16)14(19)7-4-2-1-3-6(7)13(8)18/h1-5H,17H2. The number of ketones is 2. The molecule has 0 aromatic heterocycles. The molecule has 2 N–H and O–H groups in total. The van der Waals surface area contributed by atoms with Crippen molar-refractivity contribution < 1.29 is 9.59 Å². The minimum atomic E-state index is -0.176. The second-order valence-corrected chi connectivity index (χ2v) is 5.81. The fourth-order valence-electron chi connectivity index (χ4n) is 2.21. The largest absolute Gasteiger partial charge is 0.398 e. The Balaban J connectivity index is 2.40. The number of carbonyl (C=O) groups excluding carboxylic acids is 2. The average Bonchev–Trinajstić information content (AvgIpc) is 2.42. The number of fused-ring (bicyclic) bond motifs is 2. The molecular weight excluding hydrogens is 374 g/mol. The Kier molecular flexibility index (Phi) is 2.83. The van der Waals surface area contributed by atoms with E-state index in [1.165, 1.54) is 0 Å². The Labute approximate surface area is 126 Å². The lowest BCUT2D eigenvalue weighted by Gasteiger charge is -2.20. The van der Waals surface area contributed by atoms with E-state index in [0.717, 1.165) is 0 Å². The van der Waals surface area contributed by atoms with Gasteiger partial charge in [0.2, 0.25) is 0 Å². The molecule has 0 unspecified atom stereocenters. The lowest BCUT2D eigenvalue weighted by Crippen LogP contribution is -2.21. The van der Waals surface area contributed by atoms with Gasteiger partial charge in [-0.15, -0.1) is 0 Å². The summed E-state index contributed by atoms with van der Waals surface area (Å²) in [6.07, 6.45) is 0. The van der Waals surface area contributed by atoms with Crippen molar-refractivity contribution in [1.29, 1.82) is 0 Å². The monoisotopic (exact) mass is 379 g/mol. The van der Waals surface area contributed by atoms with Crippen LogP contribution in [-0.2, 0) is 0 Å². The van der Waals surface area contributed by atoms with Crippen molar-refractivity contribution in [2.24, 2.45) is 0 Å². The van der Waals surface area contributed by atoms with E-state index in [2.05, 4.69) is 31.9 Å². The van der Waals surface area contributed by atoms with Gasteiger partial charge in [-0.1, -0.05) is 24.3 Å². The zero-order valence-electron chi connectivity index (χ0n) is 9.54. The zero-order chi connectivity index (χ0) is 13.7. The van der Waals surface area contributed by atoms with Crippen molar-refractivity contribution in [2.45, 2.75) is 0 Å². The highest BCUT2D eigenvalue weighted by Crippen LogP contribution is 2.39. The summed E-state index contributed by atoms with van der Waals surface area (Å²) in [6, 6.07) is 8.35. The summed E-state index contributed by atoms with van der Waals surface area (Å²) in [5, 5.41) is 0. The van der Waals surface area contributed by atoms with Crippen molar-refractivity contribution >= 4 is 49.1 Å². The maximum Gasteiger partial charge on any atom is 0.195 e. The lowest BCUT2D eigenvalue weighted by molar-refractivity contribution is 0.0978. The summed E-state index contributed by atoms with van der Waals surface area (Å²) >= 11 is 6.65. The Morgan fingerprint density at radius 1 is 0.842 bits per heavy atom. The van der Waals surface area contributed by atoms with Crippen molar-refractivity contribution in [3.8, 4) is 0 Å². The first-order chi connectivity index (χ1) is 9.02. The van der Waals surface area contributed by atoms with Crippen LogP contribution in [0.4, 0.5) is 5.69 Å². The molecule has 1 aliphatic carbocycles. The van der Waals surface area contributed by atoms with Crippen LogP contribution >= 0.6 is 31.9 Å². The van der Waals surface area contributed by atoms with Gasteiger partial charge in [-0.3, -0.25) is 9.59 Å². The lowest BCUT2D eigenvalue weighted by atomic mass is 9.84. The second-order valence-electron chi connectivity index (χ2n) is 4.22. The molecule has 2 aromatic rings. The normalized spacial score (nSPS) is 13.2. The van der Waals surface area contributed by atoms with Gasteiger partial charge in [0.15, 0.2) is 11.6 Å². The Bertz CT molecular complexity index is 753. The molecule has 0 spiro atoms. The van der Waals surface area contributed by atoms with Gasteiger partial charge >= 0.3 is 0 Å². The number of hydrogen-bond acceptors (Lipinski definition) is 3. The van der Waals surface area contributed by atoms with Gasteiger partial charge in [-0.25, -0.2) is 0 Å². The number of rotatable bonds is 0. The number of carbonyl (C=O) groups is 2. The maximum absolute atomic E-state index is 12.5. The van der Waals surface area contributed by atoms with Crippen LogP contribution in [0.2, 0.25) is 0 Å². The van der Waals surface area contributed by atoms with E-state index >= 15 is 0 Å². The molecule has 5 heteroatoms. The summed E-state index contributed by atoms with van der Waals surface area (Å²) in [7, 11) is 0. The maximum atomic E-state index is 12.5. The third-order valence-corrected chi connectivity index (χ3v) is 5.30. The molecule has 0 amide bonds. The van der Waals surface area contributed by atoms with Crippen LogP contribution in [-0.4, -0.2) is 11.6 Å². The van der Waals surface area contributed by atoms with Crippen LogP contribution in [0.15, 0.2) is 39.3 Å². The fourth-order valence-corrected chi connectivity index (χ4v) is 3.14. The van der Waals surface area contributed by atoms with E-state index in [1.807, 2.05) is 0 Å². The highest BCUT2D eigenvalue weighted by molar-refractivity contribution is 9.13. The zero-order valence-corrected chi connectivity index (χ0v) is 12.7. The molecule has 0 radical (unpaired) electrons. The van der Waals surface area contributed by atoms with Gasteiger partial charge in [0, 0.05) is 32.4 Å². The van der Waals surface area contributed by atoms with Gasteiger partial charge in [0.05, 0.1) is 4.47 Å². The van der Waals surface area contributed by atoms with Gasteiger partial charge < -0.3 is 5.73 Å². The highest BCUT2D eigenvalue weighted by Gasteiger charge is 2.32. The SMILES string of the molecule is Nc1cc2c(c(Br)c1Br)C(=O)c1ccccc1C2=O. The van der Waals surface area contributed by atoms with Crippen LogP contribution in [0.1, 0.15) is 31.8 Å². The summed E-state index contributed by atoms with van der Waals surface area (Å²) in [4.78, 5) is 24.9. The average molecular weight is 381 g/mol. The third-order valence-electron chi connectivity index (χ3n) is 3.12. The van der Waals surface area contributed by atoms with Crippen LogP contribution in [0.25, 0.3) is 0 Å². The molecule has 0 aliphatic heterocycles. The molecular formula is C14H7Br2NO2. The summed E-state index contributed by atoms with van der Waals surface area (Å²) in [5.74, 6) is -0.345. The predicted molar refractivity (Wildman–Crippen MR) is 79.6 cm³/mol. The predicted octanol–water partition coefficient (Wildman–Crippen LogP) is 3.57. The van der Waals surface area contributed by atoms with Crippen molar-refractivity contribution in [2.75, 3.05) is 5.73 Å². The number of hydrogen-bond donors (Lipinski definition) is 1. The Hall–Kier alpha value is -1.46. The van der Waals surface area contributed by atoms with Crippen molar-refractivity contribution in [1.82, 2.24) is 0 Å². The first-order valence-electron chi connectivity index (χ1n) is 5.48. The van der Waals surface area contributed by atoms with E-state index in [1.54, 1.807) is 30.3 Å². The second kappa shape index (κ2) is 4.28. The first kappa shape index (κ1) is 12.6. The molecule has 0 heterocycles. The van der Waals surface area contributed by atoms with Crippen molar-refractivity contribution in [3.05, 3.63) is 61.5 Å². The highest BCUT2D eigenvalue weighted by atomic mass is 79.9. The van der Waals surface area contributed by atoms with E-state index < -0.39 is 0 Å². The van der Waals surface area contributed by atoms with E-state index in [4.69, 9.17) is 5.73 Å². The van der Waals surface area contributed by atoms with E-state index in [0.29, 0.717) is 36.9 Å². The van der Waals surface area contributed by atoms with Crippen LogP contribution in [0, 0.1) is 0 Å². The smallest absolute Gasteiger partial charge is 0.195 e. The molecule has 0 atom stereocenters. The Morgan fingerprint density at radius 2 is 1.42 bits per heavy atom. The van der Waals surface area contributed by atoms with Gasteiger partial charge in [0.1, 0.15) is 0 Å². The number of nitrogens with two attached hydrogens (primary N) is 1. The van der Waals surface area contributed by atoms with E-state index in [9.17, 15) is 9.59 Å². The van der Waals surface area contributed by atoms with Crippen molar-refractivity contribution in [3.63, 3.8) is 0 Å². The molecule has 0 bridgehead atoms. The molecule has 0 fully saturated rings. The number of benzene rings is 2. The van der Waals surface area contributed by atoms with Gasteiger partial charge in [-0.05, 0) is 37.9 Å². The molecule has 19 heavy (non-hydrogen) atoms. The Morgan fingerprint density at radius 3 is 2.05 bits per heavy atom. The third kappa shape index (κ3) is 1.69. The topological polar surface area (TPSA) is 60.2 Å². The van der Waals surface area contributed by atoms with Crippen LogP contribution in [0.3, 0.4) is 0 Å². The molecule has 3 nitrogen and oxygen atoms in total. The van der Waals surface area contributed by atoms with E-state index in [-0.39, 0.29) is 11.6 Å². The molecule has 1 aliphatic rings. The molecule has 0 saturated carbocycles. The minimum Gasteiger partial charge on any atom is -0.398 e. The van der Waals surface area contributed by atoms with Gasteiger partial charge in [0.25, 0.3) is 0 Å². The molecule has 3 rings (SSSR count). The van der Waals surface area contributed by atoms with Crippen LogP contribution in [0.5, 0.6) is 0 Å².